The van der Waals surface area contributed by atoms with Crippen LogP contribution in [0.2, 0.25) is 0 Å². The van der Waals surface area contributed by atoms with Crippen LogP contribution in [0.4, 0.5) is 13.2 Å². The maximum atomic E-state index is 15.5. The molecule has 0 unspecified atom stereocenters. The zero-order valence-electron chi connectivity index (χ0n) is 16.5. The van der Waals surface area contributed by atoms with Gasteiger partial charge in [0.25, 0.3) is 0 Å². The Balaban J connectivity index is 2.04. The van der Waals surface area contributed by atoms with Crippen molar-refractivity contribution in [3.05, 3.63) is 72.2 Å². The second-order valence-electron chi connectivity index (χ2n) is 7.77. The van der Waals surface area contributed by atoms with E-state index in [1.165, 1.54) is 18.2 Å². The van der Waals surface area contributed by atoms with Crippen molar-refractivity contribution < 1.29 is 26.0 Å². The van der Waals surface area contributed by atoms with Crippen LogP contribution in [0, 0.1) is 24.6 Å². The summed E-state index contributed by atoms with van der Waals surface area (Å²) >= 11 is 3.57. The highest BCUT2D eigenvalue weighted by molar-refractivity contribution is 14.1. The number of imidazole rings is 1. The summed E-state index contributed by atoms with van der Waals surface area (Å²) < 4.78 is 78.6. The minimum Gasteiger partial charge on any atom is -0.461 e. The van der Waals surface area contributed by atoms with Gasteiger partial charge in [0.05, 0.1) is 19.4 Å². The van der Waals surface area contributed by atoms with Crippen LogP contribution in [0.5, 0.6) is 0 Å². The summed E-state index contributed by atoms with van der Waals surface area (Å²) in [5.74, 6) is -3.70. The third kappa shape index (κ3) is 3.08. The van der Waals surface area contributed by atoms with E-state index in [4.69, 9.17) is 4.42 Å². The number of benzene rings is 2. The molecule has 0 saturated heterocycles. The highest BCUT2D eigenvalue weighted by Gasteiger charge is 2.56. The summed E-state index contributed by atoms with van der Waals surface area (Å²) in [6.45, 7) is 3.59. The number of allylic oxidation sites excluding steroid dienone is 1. The molecule has 2 aromatic heterocycles. The summed E-state index contributed by atoms with van der Waals surface area (Å²) in [5, 5.41) is -0.293. The van der Waals surface area contributed by atoms with Gasteiger partial charge in [0.15, 0.2) is 17.2 Å². The van der Waals surface area contributed by atoms with E-state index in [0.717, 1.165) is 12.3 Å². The van der Waals surface area contributed by atoms with Gasteiger partial charge in [-0.25, -0.2) is 26.4 Å². The summed E-state index contributed by atoms with van der Waals surface area (Å²) in [6, 6.07) is 3.77. The normalized spacial score (nSPS) is 15.4. The molecule has 0 spiro atoms. The lowest BCUT2D eigenvalue weighted by Gasteiger charge is -2.15. The highest BCUT2D eigenvalue weighted by atomic mass is 127. The van der Waals surface area contributed by atoms with E-state index in [9.17, 15) is 17.6 Å². The molecule has 2 aromatic carbocycles. The van der Waals surface area contributed by atoms with Gasteiger partial charge in [-0.2, -0.15) is 3.97 Å². The maximum Gasteiger partial charge on any atom is 0.348 e. The van der Waals surface area contributed by atoms with Crippen molar-refractivity contribution in [1.29, 1.82) is 0 Å². The fourth-order valence-electron chi connectivity index (χ4n) is 4.09. The van der Waals surface area contributed by atoms with E-state index in [0.29, 0.717) is 12.1 Å². The van der Waals surface area contributed by atoms with Crippen LogP contribution in [-0.2, 0) is 10.0 Å². The summed E-state index contributed by atoms with van der Waals surface area (Å²) in [4.78, 5) is 13.6. The van der Waals surface area contributed by atoms with Crippen LogP contribution in [-0.4, -0.2) is 21.7 Å². The Kier molecular flexibility index (Phi) is 5.28. The Labute approximate surface area is 212 Å². The van der Waals surface area contributed by atoms with Crippen molar-refractivity contribution >= 4 is 77.2 Å². The van der Waals surface area contributed by atoms with Crippen LogP contribution in [0.25, 0.3) is 27.7 Å². The second-order valence-corrected chi connectivity index (χ2v) is 12.4. The van der Waals surface area contributed by atoms with Crippen LogP contribution in [0.1, 0.15) is 19.3 Å². The largest absolute Gasteiger partial charge is 0.461 e. The molecule has 0 amide bonds. The first-order chi connectivity index (χ1) is 15.6. The van der Waals surface area contributed by atoms with E-state index in [1.54, 1.807) is 22.6 Å². The minimum atomic E-state index is -4.43. The molecule has 1 aliphatic rings. The third-order valence-corrected chi connectivity index (χ3v) is 9.81. The zero-order chi connectivity index (χ0) is 23.9. The van der Waals surface area contributed by atoms with E-state index in [2.05, 4.69) is 6.58 Å². The molecular formula is C21H13F3I2N2O4S. The molecule has 5 rings (SSSR count). The van der Waals surface area contributed by atoms with E-state index in [-0.39, 0.29) is 33.8 Å². The average molecular weight is 700 g/mol. The summed E-state index contributed by atoms with van der Waals surface area (Å²) in [6.07, 6.45) is 3.16. The third-order valence-electron chi connectivity index (χ3n) is 5.86. The molecule has 6 nitrogen and oxygen atoms in total. The quantitative estimate of drug-likeness (QED) is 0.205. The minimum absolute atomic E-state index is 0.0643. The number of fused-ring (bicyclic) bond motifs is 3. The standard InChI is InChI=1S/C21H13F3I2N2O4S/c1-2-5-21(6-7-21)33(30,31)28-18-17(16(24)15(23)14-12(26)9-32-19(14)18)27(20(28)29)13-4-3-10(25)8-11(13)22/h2-4,8-9H,1,5-7H2. The molecular weight excluding hydrogens is 687 g/mol. The van der Waals surface area contributed by atoms with Crippen LogP contribution in [0.15, 0.2) is 46.3 Å². The predicted molar refractivity (Wildman–Crippen MR) is 134 cm³/mol. The molecule has 2 heterocycles. The number of nitrogens with zero attached hydrogens (tertiary/aromatic N) is 2. The molecule has 1 aliphatic carbocycles. The van der Waals surface area contributed by atoms with E-state index >= 15 is 8.78 Å². The number of halogens is 5. The van der Waals surface area contributed by atoms with Gasteiger partial charge in [-0.05, 0) is 82.6 Å². The molecule has 0 N–H and O–H groups in total. The van der Waals surface area contributed by atoms with Crippen molar-refractivity contribution in [3.63, 3.8) is 0 Å². The van der Waals surface area contributed by atoms with Crippen molar-refractivity contribution in [3.8, 4) is 5.69 Å². The Morgan fingerprint density at radius 3 is 2.45 bits per heavy atom. The Morgan fingerprint density at radius 2 is 1.85 bits per heavy atom. The molecule has 0 aliphatic heterocycles. The van der Waals surface area contributed by atoms with Gasteiger partial charge in [-0.1, -0.05) is 6.08 Å². The summed E-state index contributed by atoms with van der Waals surface area (Å²) in [5.41, 5.74) is -3.14. The van der Waals surface area contributed by atoms with E-state index < -0.39 is 54.6 Å². The van der Waals surface area contributed by atoms with E-state index in [1.807, 2.05) is 22.6 Å². The lowest BCUT2D eigenvalue weighted by atomic mass is 10.2. The van der Waals surface area contributed by atoms with Gasteiger partial charge >= 0.3 is 5.69 Å². The van der Waals surface area contributed by atoms with Gasteiger partial charge in [0.2, 0.25) is 10.0 Å². The first kappa shape index (κ1) is 23.0. The summed E-state index contributed by atoms with van der Waals surface area (Å²) in [7, 11) is -4.43. The molecule has 4 aromatic rings. The first-order valence-corrected chi connectivity index (χ1v) is 13.2. The number of rotatable bonds is 5. The van der Waals surface area contributed by atoms with Crippen molar-refractivity contribution in [1.82, 2.24) is 8.54 Å². The van der Waals surface area contributed by atoms with Crippen molar-refractivity contribution in [2.45, 2.75) is 24.0 Å². The zero-order valence-corrected chi connectivity index (χ0v) is 21.7. The number of aromatic nitrogens is 2. The Morgan fingerprint density at radius 1 is 1.15 bits per heavy atom. The van der Waals surface area contributed by atoms with Crippen LogP contribution in [0.3, 0.4) is 0 Å². The molecule has 1 saturated carbocycles. The average Bonchev–Trinajstić information content (AvgIpc) is 3.35. The molecule has 12 heteroatoms. The Bertz CT molecular complexity index is 1670. The predicted octanol–water partition coefficient (Wildman–Crippen LogP) is 5.45. The lowest BCUT2D eigenvalue weighted by Crippen LogP contribution is -2.37. The number of hydrogen-bond acceptors (Lipinski definition) is 4. The first-order valence-electron chi connectivity index (χ1n) is 9.58. The van der Waals surface area contributed by atoms with Gasteiger partial charge in [0.1, 0.15) is 23.1 Å². The van der Waals surface area contributed by atoms with Crippen LogP contribution < -0.4 is 5.69 Å². The fourth-order valence-corrected chi connectivity index (χ4v) is 7.18. The van der Waals surface area contributed by atoms with Crippen LogP contribution >= 0.6 is 45.2 Å². The highest BCUT2D eigenvalue weighted by Crippen LogP contribution is 2.48. The molecule has 1 fully saturated rings. The maximum absolute atomic E-state index is 15.5. The van der Waals surface area contributed by atoms with Gasteiger partial charge < -0.3 is 4.42 Å². The van der Waals surface area contributed by atoms with Gasteiger partial charge in [0, 0.05) is 3.57 Å². The molecule has 33 heavy (non-hydrogen) atoms. The number of furan rings is 1. The van der Waals surface area contributed by atoms with Crippen molar-refractivity contribution in [2.75, 3.05) is 0 Å². The fraction of sp³-hybridized carbons (Fsp3) is 0.190. The van der Waals surface area contributed by atoms with Gasteiger partial charge in [-0.15, -0.1) is 6.58 Å². The lowest BCUT2D eigenvalue weighted by molar-refractivity contribution is 0.520. The molecule has 0 bridgehead atoms. The smallest absolute Gasteiger partial charge is 0.348 e. The molecule has 0 radical (unpaired) electrons. The van der Waals surface area contributed by atoms with Crippen molar-refractivity contribution in [2.24, 2.45) is 0 Å². The topological polar surface area (TPSA) is 74.2 Å². The SMILES string of the molecule is C=CCC1(S(=O)(=O)n2c(=O)n(-c3ccc(I)cc3F)c3c(F)c(F)c4c(I)coc4c32)CC1. The second kappa shape index (κ2) is 7.60. The number of hydrogen-bond donors (Lipinski definition) is 0. The molecule has 0 atom stereocenters. The Hall–Kier alpha value is -1.81. The van der Waals surface area contributed by atoms with Gasteiger partial charge in [-0.3, -0.25) is 4.57 Å². The monoisotopic (exact) mass is 700 g/mol. The molecule has 172 valence electrons.